The number of benzene rings is 1. The quantitative estimate of drug-likeness (QED) is 0.622. The highest BCUT2D eigenvalue weighted by molar-refractivity contribution is 8.14. The number of hydrogen-bond donors (Lipinski definition) is 1. The van der Waals surface area contributed by atoms with Crippen molar-refractivity contribution in [3.63, 3.8) is 0 Å². The van der Waals surface area contributed by atoms with E-state index in [4.69, 9.17) is 10.3 Å². The Morgan fingerprint density at radius 3 is 2.71 bits per heavy atom. The minimum absolute atomic E-state index is 0.0555. The van der Waals surface area contributed by atoms with E-state index >= 15 is 4.39 Å². The zero-order valence-electron chi connectivity index (χ0n) is 17.1. The molecular formula is C22H19F2N5OS. The number of rotatable bonds is 3. The molecule has 0 saturated heterocycles. The molecule has 3 heterocycles. The van der Waals surface area contributed by atoms with E-state index in [0.29, 0.717) is 17.3 Å². The lowest BCUT2D eigenvalue weighted by Gasteiger charge is -2.35. The third-order valence-corrected chi connectivity index (χ3v) is 6.47. The zero-order chi connectivity index (χ0) is 22.3. The van der Waals surface area contributed by atoms with Gasteiger partial charge in [-0.1, -0.05) is 16.9 Å². The molecule has 2 N–H and O–H groups in total. The van der Waals surface area contributed by atoms with Gasteiger partial charge in [0.25, 0.3) is 0 Å². The van der Waals surface area contributed by atoms with Gasteiger partial charge in [0.2, 0.25) is 0 Å². The van der Waals surface area contributed by atoms with E-state index < -0.39 is 17.2 Å². The van der Waals surface area contributed by atoms with Gasteiger partial charge >= 0.3 is 0 Å². The van der Waals surface area contributed by atoms with E-state index in [1.165, 1.54) is 24.0 Å². The third kappa shape index (κ3) is 3.68. The molecule has 4 rings (SSSR count). The molecule has 0 spiro atoms. The maximum atomic E-state index is 15.0. The van der Waals surface area contributed by atoms with Gasteiger partial charge in [-0.25, -0.2) is 13.8 Å². The van der Waals surface area contributed by atoms with Crippen LogP contribution < -0.4 is 5.73 Å². The standard InChI is InChI=1S/C22H19F2N5OS/c1-11-20(12(2)30-29-11)19-9-22(3,28-21(26)31-19)15-7-14(16(23)8-17(15)24)13-5-4-6-27-18(13)10-25/h4-8,19H,9H2,1-3H3,(H2,26,28). The average molecular weight is 439 g/mol. The van der Waals surface area contributed by atoms with Crippen LogP contribution >= 0.6 is 11.8 Å². The fraction of sp³-hybridized carbons (Fsp3) is 0.273. The molecular weight excluding hydrogens is 420 g/mol. The van der Waals surface area contributed by atoms with Gasteiger partial charge in [0.15, 0.2) is 5.17 Å². The van der Waals surface area contributed by atoms with Gasteiger partial charge in [-0.05, 0) is 45.4 Å². The van der Waals surface area contributed by atoms with Crippen molar-refractivity contribution in [3.05, 3.63) is 70.4 Å². The van der Waals surface area contributed by atoms with Crippen LogP contribution in [-0.4, -0.2) is 15.3 Å². The van der Waals surface area contributed by atoms with Crippen molar-refractivity contribution in [1.29, 1.82) is 5.26 Å². The van der Waals surface area contributed by atoms with E-state index in [-0.39, 0.29) is 27.6 Å². The third-order valence-electron chi connectivity index (χ3n) is 5.45. The summed E-state index contributed by atoms with van der Waals surface area (Å²) in [5, 5.41) is 13.5. The minimum Gasteiger partial charge on any atom is -0.378 e. The molecule has 0 saturated carbocycles. The molecule has 3 aromatic rings. The van der Waals surface area contributed by atoms with Crippen LogP contribution in [0.25, 0.3) is 11.1 Å². The van der Waals surface area contributed by atoms with Crippen molar-refractivity contribution in [2.75, 3.05) is 0 Å². The van der Waals surface area contributed by atoms with Gasteiger partial charge in [0.05, 0.1) is 11.2 Å². The molecule has 1 aliphatic rings. The van der Waals surface area contributed by atoms with E-state index in [2.05, 4.69) is 15.1 Å². The summed E-state index contributed by atoms with van der Waals surface area (Å²) < 4.78 is 35.1. The van der Waals surface area contributed by atoms with Gasteiger partial charge in [-0.3, -0.25) is 4.99 Å². The Morgan fingerprint density at radius 2 is 2.03 bits per heavy atom. The van der Waals surface area contributed by atoms with Gasteiger partial charge in [-0.15, -0.1) is 0 Å². The summed E-state index contributed by atoms with van der Waals surface area (Å²) in [5.41, 5.74) is 7.33. The van der Waals surface area contributed by atoms with E-state index in [1.54, 1.807) is 19.1 Å². The number of nitrogens with two attached hydrogens (primary N) is 1. The van der Waals surface area contributed by atoms with Crippen LogP contribution in [0, 0.1) is 36.8 Å². The second kappa shape index (κ2) is 7.78. The molecule has 31 heavy (non-hydrogen) atoms. The molecule has 2 unspecified atom stereocenters. The number of aryl methyl sites for hydroxylation is 2. The predicted molar refractivity (Wildman–Crippen MR) is 114 cm³/mol. The molecule has 0 bridgehead atoms. The Morgan fingerprint density at radius 1 is 1.26 bits per heavy atom. The Kier molecular flexibility index (Phi) is 5.27. The summed E-state index contributed by atoms with van der Waals surface area (Å²) in [6.07, 6.45) is 1.85. The largest absolute Gasteiger partial charge is 0.378 e. The molecule has 1 aromatic carbocycles. The van der Waals surface area contributed by atoms with Crippen LogP contribution in [-0.2, 0) is 5.54 Å². The molecule has 1 aliphatic heterocycles. The zero-order valence-corrected chi connectivity index (χ0v) is 17.9. The molecule has 158 valence electrons. The van der Waals surface area contributed by atoms with E-state index in [1.807, 2.05) is 19.9 Å². The minimum atomic E-state index is -1.06. The molecule has 6 nitrogen and oxygen atoms in total. The number of pyridine rings is 1. The second-order valence-corrected chi connectivity index (χ2v) is 8.82. The van der Waals surface area contributed by atoms with Crippen LogP contribution in [0.4, 0.5) is 8.78 Å². The van der Waals surface area contributed by atoms with Gasteiger partial charge < -0.3 is 10.3 Å². The van der Waals surface area contributed by atoms with Gasteiger partial charge in [-0.2, -0.15) is 5.26 Å². The lowest BCUT2D eigenvalue weighted by Crippen LogP contribution is -2.31. The number of aromatic nitrogens is 2. The van der Waals surface area contributed by atoms with E-state index in [0.717, 1.165) is 17.3 Å². The summed E-state index contributed by atoms with van der Waals surface area (Å²) in [6.45, 7) is 5.42. The van der Waals surface area contributed by atoms with Gasteiger partial charge in [0.1, 0.15) is 29.2 Å². The van der Waals surface area contributed by atoms with Gasteiger partial charge in [0, 0.05) is 39.8 Å². The van der Waals surface area contributed by atoms with Crippen LogP contribution in [0.5, 0.6) is 0 Å². The van der Waals surface area contributed by atoms with Crippen molar-refractivity contribution in [1.82, 2.24) is 10.1 Å². The summed E-state index contributed by atoms with van der Waals surface area (Å²) in [5.74, 6) is -0.841. The number of thioether (sulfide) groups is 1. The predicted octanol–water partition coefficient (Wildman–Crippen LogP) is 4.91. The van der Waals surface area contributed by atoms with Crippen LogP contribution in [0.2, 0.25) is 0 Å². The first-order valence-electron chi connectivity index (χ1n) is 9.53. The Labute approximate surface area is 182 Å². The number of nitrogens with zero attached hydrogens (tertiary/aromatic N) is 4. The summed E-state index contributed by atoms with van der Waals surface area (Å²) in [4.78, 5) is 8.52. The topological polar surface area (TPSA) is 101 Å². The highest BCUT2D eigenvalue weighted by Crippen LogP contribution is 2.49. The van der Waals surface area contributed by atoms with Crippen molar-refractivity contribution >= 4 is 16.9 Å². The lowest BCUT2D eigenvalue weighted by molar-refractivity contribution is 0.389. The molecule has 0 aliphatic carbocycles. The molecule has 0 amide bonds. The van der Waals surface area contributed by atoms with Crippen molar-refractivity contribution in [2.24, 2.45) is 10.7 Å². The SMILES string of the molecule is Cc1noc(C)c1C1CC(C)(c2cc(-c3cccnc3C#N)c(F)cc2F)N=C(N)S1. The molecule has 0 fully saturated rings. The molecule has 0 radical (unpaired) electrons. The molecule has 2 aromatic heterocycles. The normalized spacial score (nSPS) is 20.9. The first-order chi connectivity index (χ1) is 14.7. The first-order valence-corrected chi connectivity index (χ1v) is 10.4. The summed E-state index contributed by atoms with van der Waals surface area (Å²) in [7, 11) is 0. The van der Waals surface area contributed by atoms with Crippen LogP contribution in [0.15, 0.2) is 40.0 Å². The van der Waals surface area contributed by atoms with Crippen molar-refractivity contribution < 1.29 is 13.3 Å². The number of nitriles is 1. The van der Waals surface area contributed by atoms with Crippen molar-refractivity contribution in [3.8, 4) is 17.2 Å². The molecule has 9 heteroatoms. The summed E-state index contributed by atoms with van der Waals surface area (Å²) >= 11 is 1.36. The average Bonchev–Trinajstić information content (AvgIpc) is 3.05. The van der Waals surface area contributed by atoms with Crippen LogP contribution in [0.3, 0.4) is 0 Å². The first kappa shape index (κ1) is 21.0. The number of amidine groups is 1. The molecule has 2 atom stereocenters. The maximum absolute atomic E-state index is 15.0. The Bertz CT molecular complexity index is 1230. The fourth-order valence-corrected chi connectivity index (χ4v) is 5.43. The van der Waals surface area contributed by atoms with Crippen molar-refractivity contribution in [2.45, 2.75) is 38.0 Å². The monoisotopic (exact) mass is 439 g/mol. The smallest absolute Gasteiger partial charge is 0.155 e. The maximum Gasteiger partial charge on any atom is 0.155 e. The summed E-state index contributed by atoms with van der Waals surface area (Å²) in [6, 6.07) is 7.35. The lowest BCUT2D eigenvalue weighted by atomic mass is 9.83. The second-order valence-electron chi connectivity index (χ2n) is 7.60. The number of halogens is 2. The van der Waals surface area contributed by atoms with E-state index in [9.17, 15) is 9.65 Å². The Balaban J connectivity index is 1.85. The Hall–Kier alpha value is -3.25. The highest BCUT2D eigenvalue weighted by atomic mass is 32.2. The highest BCUT2D eigenvalue weighted by Gasteiger charge is 2.40. The number of aliphatic imine (C=N–C) groups is 1. The fourth-order valence-electron chi connectivity index (χ4n) is 4.02. The number of hydrogen-bond acceptors (Lipinski definition) is 7. The van der Waals surface area contributed by atoms with Crippen LogP contribution in [0.1, 0.15) is 46.9 Å².